The van der Waals surface area contributed by atoms with Gasteiger partial charge in [0.25, 0.3) is 0 Å². The standard InChI is InChI=1S/C13H14N2O2S/c16-13(17)9-3-4-15-10(6-9)8-14-12(15)7-11-2-1-5-18-11/h1-2,5,8-9H,3-4,6-7H2,(H,16,17). The van der Waals surface area contributed by atoms with Crippen LogP contribution < -0.4 is 0 Å². The van der Waals surface area contributed by atoms with Gasteiger partial charge in [0, 0.05) is 36.2 Å². The largest absolute Gasteiger partial charge is 0.481 e. The lowest BCUT2D eigenvalue weighted by atomic mass is 9.96. The fourth-order valence-electron chi connectivity index (χ4n) is 2.45. The van der Waals surface area contributed by atoms with Crippen molar-refractivity contribution >= 4 is 17.3 Å². The van der Waals surface area contributed by atoms with Crippen LogP contribution in [0.5, 0.6) is 0 Å². The topological polar surface area (TPSA) is 55.1 Å². The van der Waals surface area contributed by atoms with E-state index < -0.39 is 5.97 Å². The van der Waals surface area contributed by atoms with E-state index in [4.69, 9.17) is 5.11 Å². The molecule has 18 heavy (non-hydrogen) atoms. The second-order valence-electron chi connectivity index (χ2n) is 4.60. The Morgan fingerprint density at radius 1 is 1.61 bits per heavy atom. The normalized spacial score (nSPS) is 18.6. The fraction of sp³-hybridized carbons (Fsp3) is 0.385. The number of aromatic nitrogens is 2. The van der Waals surface area contributed by atoms with Gasteiger partial charge in [-0.2, -0.15) is 0 Å². The fourth-order valence-corrected chi connectivity index (χ4v) is 3.15. The van der Waals surface area contributed by atoms with Crippen LogP contribution in [0.15, 0.2) is 23.7 Å². The van der Waals surface area contributed by atoms with Gasteiger partial charge in [-0.25, -0.2) is 4.98 Å². The number of thiophene rings is 1. The first-order chi connectivity index (χ1) is 8.74. The van der Waals surface area contributed by atoms with E-state index in [1.165, 1.54) is 4.88 Å². The van der Waals surface area contributed by atoms with Gasteiger partial charge in [0.1, 0.15) is 5.82 Å². The minimum atomic E-state index is -0.692. The van der Waals surface area contributed by atoms with E-state index in [1.54, 1.807) is 11.3 Å². The average molecular weight is 262 g/mol. The predicted molar refractivity (Wildman–Crippen MR) is 68.8 cm³/mol. The zero-order chi connectivity index (χ0) is 12.5. The van der Waals surface area contributed by atoms with Crippen LogP contribution in [0.3, 0.4) is 0 Å². The minimum absolute atomic E-state index is 0.246. The number of hydrogen-bond acceptors (Lipinski definition) is 3. The van der Waals surface area contributed by atoms with E-state index in [0.29, 0.717) is 12.8 Å². The van der Waals surface area contributed by atoms with Crippen LogP contribution in [0.2, 0.25) is 0 Å². The number of fused-ring (bicyclic) bond motifs is 1. The van der Waals surface area contributed by atoms with E-state index in [1.807, 2.05) is 12.3 Å². The molecule has 2 aromatic rings. The maximum absolute atomic E-state index is 11.0. The van der Waals surface area contributed by atoms with Crippen LogP contribution in [0, 0.1) is 5.92 Å². The van der Waals surface area contributed by atoms with Crippen molar-refractivity contribution in [3.63, 3.8) is 0 Å². The van der Waals surface area contributed by atoms with Crippen LogP contribution in [0.4, 0.5) is 0 Å². The molecule has 5 heteroatoms. The highest BCUT2D eigenvalue weighted by Crippen LogP contribution is 2.24. The van der Waals surface area contributed by atoms with Crippen molar-refractivity contribution in [1.82, 2.24) is 9.55 Å². The third kappa shape index (κ3) is 2.06. The Labute approximate surface area is 109 Å². The van der Waals surface area contributed by atoms with Crippen LogP contribution in [-0.2, 0) is 24.2 Å². The van der Waals surface area contributed by atoms with E-state index in [9.17, 15) is 4.79 Å². The van der Waals surface area contributed by atoms with Gasteiger partial charge in [-0.05, 0) is 17.9 Å². The first kappa shape index (κ1) is 11.5. The van der Waals surface area contributed by atoms with Crippen molar-refractivity contribution in [2.75, 3.05) is 0 Å². The molecule has 0 amide bonds. The Kier molecular flexibility index (Phi) is 2.91. The zero-order valence-electron chi connectivity index (χ0n) is 9.87. The highest BCUT2D eigenvalue weighted by molar-refractivity contribution is 7.09. The van der Waals surface area contributed by atoms with Gasteiger partial charge < -0.3 is 9.67 Å². The van der Waals surface area contributed by atoms with Crippen LogP contribution in [0.25, 0.3) is 0 Å². The molecule has 1 aliphatic heterocycles. The van der Waals surface area contributed by atoms with Crippen molar-refractivity contribution in [3.8, 4) is 0 Å². The molecule has 1 aliphatic rings. The molecule has 0 fully saturated rings. The van der Waals surface area contributed by atoms with Gasteiger partial charge in [-0.3, -0.25) is 4.79 Å². The van der Waals surface area contributed by atoms with Gasteiger partial charge in [0.2, 0.25) is 0 Å². The third-order valence-electron chi connectivity index (χ3n) is 3.44. The molecule has 1 unspecified atom stereocenters. The number of aliphatic carboxylic acids is 1. The summed E-state index contributed by atoms with van der Waals surface area (Å²) in [7, 11) is 0. The molecule has 0 bridgehead atoms. The molecule has 1 atom stereocenters. The van der Waals surface area contributed by atoms with Gasteiger partial charge in [0.15, 0.2) is 0 Å². The highest BCUT2D eigenvalue weighted by atomic mass is 32.1. The molecule has 4 nitrogen and oxygen atoms in total. The number of carbonyl (C=O) groups is 1. The summed E-state index contributed by atoms with van der Waals surface area (Å²) in [5, 5.41) is 11.1. The molecule has 0 aliphatic carbocycles. The predicted octanol–water partition coefficient (Wildman–Crippen LogP) is 2.18. The van der Waals surface area contributed by atoms with Gasteiger partial charge >= 0.3 is 5.97 Å². The first-order valence-electron chi connectivity index (χ1n) is 6.02. The van der Waals surface area contributed by atoms with E-state index in [0.717, 1.165) is 24.5 Å². The maximum Gasteiger partial charge on any atom is 0.306 e. The Balaban J connectivity index is 1.82. The molecular formula is C13H14N2O2S. The van der Waals surface area contributed by atoms with Crippen LogP contribution in [-0.4, -0.2) is 20.6 Å². The molecule has 3 rings (SSSR count). The minimum Gasteiger partial charge on any atom is -0.481 e. The van der Waals surface area contributed by atoms with E-state index in [-0.39, 0.29) is 5.92 Å². The van der Waals surface area contributed by atoms with Gasteiger partial charge in [-0.1, -0.05) is 6.07 Å². The first-order valence-corrected chi connectivity index (χ1v) is 6.90. The number of nitrogens with zero attached hydrogens (tertiary/aromatic N) is 2. The zero-order valence-corrected chi connectivity index (χ0v) is 10.7. The Hall–Kier alpha value is -1.62. The quantitative estimate of drug-likeness (QED) is 0.922. The Bertz CT molecular complexity index is 560. The molecule has 0 saturated heterocycles. The average Bonchev–Trinajstić information content (AvgIpc) is 2.99. The molecule has 0 aromatic carbocycles. The summed E-state index contributed by atoms with van der Waals surface area (Å²) in [5.41, 5.74) is 1.06. The Morgan fingerprint density at radius 2 is 2.50 bits per heavy atom. The summed E-state index contributed by atoms with van der Waals surface area (Å²) in [6.07, 6.45) is 3.98. The number of imidazole rings is 1. The van der Waals surface area contributed by atoms with Crippen LogP contribution >= 0.6 is 11.3 Å². The summed E-state index contributed by atoms with van der Waals surface area (Å²) in [4.78, 5) is 16.7. The second kappa shape index (κ2) is 4.57. The van der Waals surface area contributed by atoms with E-state index in [2.05, 4.69) is 21.0 Å². The number of rotatable bonds is 3. The summed E-state index contributed by atoms with van der Waals surface area (Å²) >= 11 is 1.73. The number of carboxylic acids is 1. The van der Waals surface area contributed by atoms with Crippen molar-refractivity contribution in [2.24, 2.45) is 5.92 Å². The smallest absolute Gasteiger partial charge is 0.306 e. The van der Waals surface area contributed by atoms with Crippen molar-refractivity contribution in [2.45, 2.75) is 25.8 Å². The van der Waals surface area contributed by atoms with Gasteiger partial charge in [-0.15, -0.1) is 11.3 Å². The lowest BCUT2D eigenvalue weighted by Crippen LogP contribution is -2.26. The molecular weight excluding hydrogens is 248 g/mol. The molecule has 94 valence electrons. The Morgan fingerprint density at radius 3 is 3.22 bits per heavy atom. The molecule has 1 N–H and O–H groups in total. The second-order valence-corrected chi connectivity index (χ2v) is 5.63. The number of hydrogen-bond donors (Lipinski definition) is 1. The maximum atomic E-state index is 11.0. The molecule has 0 radical (unpaired) electrons. The summed E-state index contributed by atoms with van der Waals surface area (Å²) in [6.45, 7) is 0.771. The summed E-state index contributed by atoms with van der Waals surface area (Å²) in [6, 6.07) is 4.15. The van der Waals surface area contributed by atoms with Crippen molar-refractivity contribution in [1.29, 1.82) is 0 Å². The van der Waals surface area contributed by atoms with Crippen LogP contribution in [0.1, 0.15) is 22.8 Å². The summed E-state index contributed by atoms with van der Waals surface area (Å²) in [5.74, 6) is 0.113. The van der Waals surface area contributed by atoms with Crippen molar-refractivity contribution in [3.05, 3.63) is 40.1 Å². The number of carboxylic acid groups (broad SMARTS) is 1. The van der Waals surface area contributed by atoms with Crippen molar-refractivity contribution < 1.29 is 9.90 Å². The SMILES string of the molecule is O=C(O)C1CCn2c(cnc2Cc2cccs2)C1. The monoisotopic (exact) mass is 262 g/mol. The highest BCUT2D eigenvalue weighted by Gasteiger charge is 2.26. The molecule has 2 aromatic heterocycles. The molecule has 0 spiro atoms. The molecule has 3 heterocycles. The lowest BCUT2D eigenvalue weighted by molar-refractivity contribution is -0.142. The molecule has 0 saturated carbocycles. The summed E-state index contributed by atoms with van der Waals surface area (Å²) < 4.78 is 2.18. The third-order valence-corrected chi connectivity index (χ3v) is 4.32. The lowest BCUT2D eigenvalue weighted by Gasteiger charge is -2.21. The van der Waals surface area contributed by atoms with Gasteiger partial charge in [0.05, 0.1) is 5.92 Å². The van der Waals surface area contributed by atoms with E-state index >= 15 is 0 Å².